The third-order valence-corrected chi connectivity index (χ3v) is 3.63. The fourth-order valence-corrected chi connectivity index (χ4v) is 2.61. The standard InChI is InChI=1S/C17H24FN3/c1-4-9-21-10-8-20-17(21)12-16(19-5-2)14-7-6-13(3)11-15(14)18/h6-8,10-11,16,19H,4-5,9,12H2,1-3H3. The highest BCUT2D eigenvalue weighted by atomic mass is 19.1. The molecule has 0 spiro atoms. The van der Waals surface area contributed by atoms with E-state index in [0.29, 0.717) is 12.0 Å². The van der Waals surface area contributed by atoms with E-state index in [1.54, 1.807) is 6.07 Å². The molecule has 1 unspecified atom stereocenters. The zero-order valence-electron chi connectivity index (χ0n) is 13.1. The van der Waals surface area contributed by atoms with Crippen LogP contribution in [0, 0.1) is 12.7 Å². The zero-order chi connectivity index (χ0) is 15.2. The van der Waals surface area contributed by atoms with Crippen LogP contribution in [0.4, 0.5) is 4.39 Å². The summed E-state index contributed by atoms with van der Waals surface area (Å²) in [6.45, 7) is 7.84. The van der Waals surface area contributed by atoms with Crippen molar-refractivity contribution in [2.24, 2.45) is 0 Å². The van der Waals surface area contributed by atoms with E-state index < -0.39 is 0 Å². The van der Waals surface area contributed by atoms with Gasteiger partial charge >= 0.3 is 0 Å². The maximum atomic E-state index is 14.2. The van der Waals surface area contributed by atoms with E-state index in [0.717, 1.165) is 30.9 Å². The normalized spacial score (nSPS) is 12.6. The van der Waals surface area contributed by atoms with Crippen LogP contribution in [0.25, 0.3) is 0 Å². The first-order valence-corrected chi connectivity index (χ1v) is 7.65. The van der Waals surface area contributed by atoms with Crippen LogP contribution in [-0.4, -0.2) is 16.1 Å². The minimum absolute atomic E-state index is 0.0476. The molecule has 1 atom stereocenters. The maximum Gasteiger partial charge on any atom is 0.128 e. The molecule has 0 aliphatic heterocycles. The van der Waals surface area contributed by atoms with Gasteiger partial charge in [-0.1, -0.05) is 26.0 Å². The number of imidazole rings is 1. The molecule has 0 saturated heterocycles. The van der Waals surface area contributed by atoms with Crippen molar-refractivity contribution in [2.75, 3.05) is 6.54 Å². The molecule has 114 valence electrons. The van der Waals surface area contributed by atoms with Gasteiger partial charge in [0.15, 0.2) is 0 Å². The molecule has 0 aliphatic rings. The Morgan fingerprint density at radius 2 is 2.14 bits per heavy atom. The number of likely N-dealkylation sites (N-methyl/N-ethyl adjacent to an activating group) is 1. The quantitative estimate of drug-likeness (QED) is 0.843. The number of nitrogens with zero attached hydrogens (tertiary/aromatic N) is 2. The summed E-state index contributed by atoms with van der Waals surface area (Å²) >= 11 is 0. The number of benzene rings is 1. The van der Waals surface area contributed by atoms with Crippen LogP contribution in [0.3, 0.4) is 0 Å². The fourth-order valence-electron chi connectivity index (χ4n) is 2.61. The van der Waals surface area contributed by atoms with E-state index in [1.165, 1.54) is 0 Å². The van der Waals surface area contributed by atoms with Crippen molar-refractivity contribution in [1.29, 1.82) is 0 Å². The molecular weight excluding hydrogens is 265 g/mol. The van der Waals surface area contributed by atoms with Crippen molar-refractivity contribution in [1.82, 2.24) is 14.9 Å². The van der Waals surface area contributed by atoms with Crippen molar-refractivity contribution < 1.29 is 4.39 Å². The first-order chi connectivity index (χ1) is 10.2. The SMILES string of the molecule is CCCn1ccnc1CC(NCC)c1ccc(C)cc1F. The van der Waals surface area contributed by atoms with Gasteiger partial charge in [0, 0.05) is 37.0 Å². The smallest absolute Gasteiger partial charge is 0.128 e. The van der Waals surface area contributed by atoms with Gasteiger partial charge < -0.3 is 9.88 Å². The Balaban J connectivity index is 2.24. The molecule has 1 aromatic carbocycles. The van der Waals surface area contributed by atoms with Crippen LogP contribution < -0.4 is 5.32 Å². The Hall–Kier alpha value is -1.68. The van der Waals surface area contributed by atoms with Gasteiger partial charge in [-0.2, -0.15) is 0 Å². The zero-order valence-corrected chi connectivity index (χ0v) is 13.1. The molecule has 4 heteroatoms. The molecule has 0 saturated carbocycles. The van der Waals surface area contributed by atoms with Gasteiger partial charge in [-0.3, -0.25) is 0 Å². The van der Waals surface area contributed by atoms with Crippen LogP contribution in [0.2, 0.25) is 0 Å². The van der Waals surface area contributed by atoms with E-state index in [4.69, 9.17) is 0 Å². The summed E-state index contributed by atoms with van der Waals surface area (Å²) in [4.78, 5) is 4.43. The van der Waals surface area contributed by atoms with Crippen LogP contribution in [0.1, 0.15) is 43.3 Å². The number of aryl methyl sites for hydroxylation is 2. The average molecular weight is 289 g/mol. The molecule has 3 nitrogen and oxygen atoms in total. The van der Waals surface area contributed by atoms with Crippen LogP contribution in [0.15, 0.2) is 30.6 Å². The Bertz CT molecular complexity index is 577. The van der Waals surface area contributed by atoms with Crippen LogP contribution in [0.5, 0.6) is 0 Å². The molecule has 2 rings (SSSR count). The Kier molecular flexibility index (Phi) is 5.51. The molecule has 1 heterocycles. The second-order valence-electron chi connectivity index (χ2n) is 5.38. The van der Waals surface area contributed by atoms with Gasteiger partial charge in [-0.25, -0.2) is 9.37 Å². The van der Waals surface area contributed by atoms with E-state index in [9.17, 15) is 4.39 Å². The molecule has 0 aliphatic carbocycles. The highest BCUT2D eigenvalue weighted by Crippen LogP contribution is 2.22. The first-order valence-electron chi connectivity index (χ1n) is 7.65. The Labute approximate surface area is 126 Å². The van der Waals surface area contributed by atoms with Gasteiger partial charge in [0.25, 0.3) is 0 Å². The summed E-state index contributed by atoms with van der Waals surface area (Å²) in [6.07, 6.45) is 5.57. The highest BCUT2D eigenvalue weighted by molar-refractivity contribution is 5.27. The third kappa shape index (κ3) is 3.91. The summed E-state index contributed by atoms with van der Waals surface area (Å²) in [6, 6.07) is 5.39. The van der Waals surface area contributed by atoms with Gasteiger partial charge in [-0.05, 0) is 31.5 Å². The number of nitrogens with one attached hydrogen (secondary N) is 1. The van der Waals surface area contributed by atoms with Gasteiger partial charge in [0.05, 0.1) is 0 Å². The first kappa shape index (κ1) is 15.7. The molecule has 0 fully saturated rings. The fraction of sp³-hybridized carbons (Fsp3) is 0.471. The number of aromatic nitrogens is 2. The van der Waals surface area contributed by atoms with Gasteiger partial charge in [-0.15, -0.1) is 0 Å². The van der Waals surface area contributed by atoms with Crippen molar-refractivity contribution in [2.45, 2.75) is 46.2 Å². The molecule has 0 radical (unpaired) electrons. The summed E-state index contributed by atoms with van der Waals surface area (Å²) in [7, 11) is 0. The van der Waals surface area contributed by atoms with E-state index in [2.05, 4.69) is 21.8 Å². The third-order valence-electron chi connectivity index (χ3n) is 3.63. The molecule has 1 aromatic heterocycles. The van der Waals surface area contributed by atoms with Gasteiger partial charge in [0.2, 0.25) is 0 Å². The second kappa shape index (κ2) is 7.36. The monoisotopic (exact) mass is 289 g/mol. The lowest BCUT2D eigenvalue weighted by Gasteiger charge is -2.19. The lowest BCUT2D eigenvalue weighted by atomic mass is 10.0. The molecule has 0 amide bonds. The molecular formula is C17H24FN3. The Morgan fingerprint density at radius 1 is 1.33 bits per heavy atom. The van der Waals surface area contributed by atoms with Crippen molar-refractivity contribution in [3.8, 4) is 0 Å². The number of hydrogen-bond acceptors (Lipinski definition) is 2. The highest BCUT2D eigenvalue weighted by Gasteiger charge is 2.17. The average Bonchev–Trinajstić information content (AvgIpc) is 2.86. The van der Waals surface area contributed by atoms with Crippen molar-refractivity contribution >= 4 is 0 Å². The lowest BCUT2D eigenvalue weighted by molar-refractivity contribution is 0.489. The number of rotatable bonds is 7. The second-order valence-corrected chi connectivity index (χ2v) is 5.38. The Morgan fingerprint density at radius 3 is 2.81 bits per heavy atom. The predicted molar refractivity (Wildman–Crippen MR) is 83.8 cm³/mol. The lowest BCUT2D eigenvalue weighted by Crippen LogP contribution is -2.25. The summed E-state index contributed by atoms with van der Waals surface area (Å²) < 4.78 is 16.4. The number of halogens is 1. The number of hydrogen-bond donors (Lipinski definition) is 1. The minimum Gasteiger partial charge on any atom is -0.335 e. The van der Waals surface area contributed by atoms with Crippen LogP contribution in [-0.2, 0) is 13.0 Å². The van der Waals surface area contributed by atoms with E-state index in [-0.39, 0.29) is 11.9 Å². The van der Waals surface area contributed by atoms with Crippen LogP contribution >= 0.6 is 0 Å². The minimum atomic E-state index is -0.144. The summed E-state index contributed by atoms with van der Waals surface area (Å²) in [5.74, 6) is 0.859. The van der Waals surface area contributed by atoms with Gasteiger partial charge in [0.1, 0.15) is 11.6 Å². The molecule has 1 N–H and O–H groups in total. The summed E-state index contributed by atoms with van der Waals surface area (Å²) in [5.41, 5.74) is 1.66. The topological polar surface area (TPSA) is 29.9 Å². The molecule has 21 heavy (non-hydrogen) atoms. The molecule has 0 bridgehead atoms. The molecule has 2 aromatic rings. The van der Waals surface area contributed by atoms with Crippen molar-refractivity contribution in [3.63, 3.8) is 0 Å². The largest absolute Gasteiger partial charge is 0.335 e. The van der Waals surface area contributed by atoms with E-state index >= 15 is 0 Å². The van der Waals surface area contributed by atoms with Crippen molar-refractivity contribution in [3.05, 3.63) is 53.4 Å². The maximum absolute atomic E-state index is 14.2. The van der Waals surface area contributed by atoms with E-state index in [1.807, 2.05) is 38.4 Å². The summed E-state index contributed by atoms with van der Waals surface area (Å²) in [5, 5.41) is 3.37. The predicted octanol–water partition coefficient (Wildman–Crippen LogP) is 3.63.